The second kappa shape index (κ2) is 4.48. The van der Waals surface area contributed by atoms with E-state index >= 15 is 0 Å². The van der Waals surface area contributed by atoms with Gasteiger partial charge in [0.2, 0.25) is 0 Å². The van der Waals surface area contributed by atoms with Gasteiger partial charge in [-0.05, 0) is 24.3 Å². The van der Waals surface area contributed by atoms with Crippen molar-refractivity contribution in [3.05, 3.63) is 63.7 Å². The Kier molecular flexibility index (Phi) is 2.80. The van der Waals surface area contributed by atoms with Crippen LogP contribution in [0.1, 0.15) is 0 Å². The molecule has 0 aliphatic heterocycles. The third kappa shape index (κ3) is 2.00. The van der Waals surface area contributed by atoms with Crippen molar-refractivity contribution in [1.82, 2.24) is 10.2 Å². The summed E-state index contributed by atoms with van der Waals surface area (Å²) >= 11 is 5.73. The van der Waals surface area contributed by atoms with Crippen LogP contribution in [-0.4, -0.2) is 10.2 Å². The maximum atomic E-state index is 13.9. The first-order valence-corrected chi connectivity index (χ1v) is 5.97. The Morgan fingerprint density at radius 3 is 2.58 bits per heavy atom. The molecule has 0 aliphatic carbocycles. The first-order chi connectivity index (χ1) is 9.16. The Morgan fingerprint density at radius 1 is 1.11 bits per heavy atom. The van der Waals surface area contributed by atoms with Crippen LogP contribution >= 0.6 is 11.6 Å². The summed E-state index contributed by atoms with van der Waals surface area (Å²) in [5.41, 5.74) is 0.398. The minimum Gasteiger partial charge on any atom is -0.267 e. The molecule has 3 nitrogen and oxygen atoms in total. The lowest BCUT2D eigenvalue weighted by Gasteiger charge is -2.06. The largest absolute Gasteiger partial charge is 0.272 e. The number of fused-ring (bicyclic) bond motifs is 1. The van der Waals surface area contributed by atoms with E-state index < -0.39 is 5.82 Å². The summed E-state index contributed by atoms with van der Waals surface area (Å²) in [5.74, 6) is -0.475. The van der Waals surface area contributed by atoms with E-state index in [1.165, 1.54) is 6.07 Å². The zero-order chi connectivity index (χ0) is 13.4. The van der Waals surface area contributed by atoms with Crippen LogP contribution in [0, 0.1) is 5.82 Å². The van der Waals surface area contributed by atoms with Gasteiger partial charge < -0.3 is 0 Å². The fourth-order valence-corrected chi connectivity index (χ4v) is 2.16. The fourth-order valence-electron chi connectivity index (χ4n) is 2.00. The summed E-state index contributed by atoms with van der Waals surface area (Å²) in [6, 6.07) is 11.3. The van der Waals surface area contributed by atoms with Crippen molar-refractivity contribution >= 4 is 22.4 Å². The van der Waals surface area contributed by atoms with Crippen LogP contribution in [0.15, 0.2) is 47.3 Å². The maximum absolute atomic E-state index is 13.9. The number of hydrogen-bond acceptors (Lipinski definition) is 2. The van der Waals surface area contributed by atoms with Gasteiger partial charge in [0.25, 0.3) is 5.56 Å². The highest BCUT2D eigenvalue weighted by Crippen LogP contribution is 2.27. The molecule has 5 heteroatoms. The standard InChI is InChI=1S/C14H8ClFN2O/c15-8-5-6-11(12(16)7-8)13-9-3-1-2-4-10(9)14(19)18-17-13/h1-7H,(H,18,19). The predicted molar refractivity (Wildman–Crippen MR) is 72.8 cm³/mol. The van der Waals surface area contributed by atoms with E-state index in [1.54, 1.807) is 36.4 Å². The van der Waals surface area contributed by atoms with Gasteiger partial charge >= 0.3 is 0 Å². The maximum Gasteiger partial charge on any atom is 0.272 e. The number of benzene rings is 2. The summed E-state index contributed by atoms with van der Waals surface area (Å²) < 4.78 is 13.9. The molecule has 0 radical (unpaired) electrons. The van der Waals surface area contributed by atoms with Gasteiger partial charge in [-0.1, -0.05) is 29.8 Å². The normalized spacial score (nSPS) is 10.8. The molecular weight excluding hydrogens is 267 g/mol. The molecule has 0 spiro atoms. The van der Waals surface area contributed by atoms with E-state index in [4.69, 9.17) is 11.6 Å². The highest BCUT2D eigenvalue weighted by molar-refractivity contribution is 6.30. The van der Waals surface area contributed by atoms with Gasteiger partial charge in [0, 0.05) is 16.0 Å². The molecule has 0 amide bonds. The molecule has 0 bridgehead atoms. The van der Waals surface area contributed by atoms with E-state index in [0.717, 1.165) is 0 Å². The molecular formula is C14H8ClFN2O. The van der Waals surface area contributed by atoms with Crippen molar-refractivity contribution < 1.29 is 4.39 Å². The van der Waals surface area contributed by atoms with Crippen LogP contribution in [0.5, 0.6) is 0 Å². The topological polar surface area (TPSA) is 45.8 Å². The van der Waals surface area contributed by atoms with Crippen LogP contribution in [0.3, 0.4) is 0 Å². The van der Waals surface area contributed by atoms with Crippen LogP contribution in [0.2, 0.25) is 5.02 Å². The van der Waals surface area contributed by atoms with E-state index in [9.17, 15) is 9.18 Å². The molecule has 0 fully saturated rings. The molecule has 1 N–H and O–H groups in total. The van der Waals surface area contributed by atoms with Crippen molar-refractivity contribution in [2.24, 2.45) is 0 Å². The fraction of sp³-hybridized carbons (Fsp3) is 0. The first-order valence-electron chi connectivity index (χ1n) is 5.59. The Balaban J connectivity index is 2.37. The molecule has 0 aliphatic rings. The number of H-pyrrole nitrogens is 1. The average Bonchev–Trinajstić information content (AvgIpc) is 2.41. The molecule has 94 valence electrons. The van der Waals surface area contributed by atoms with E-state index in [-0.39, 0.29) is 5.56 Å². The van der Waals surface area contributed by atoms with Gasteiger partial charge in [0.05, 0.1) is 5.39 Å². The lowest BCUT2D eigenvalue weighted by Crippen LogP contribution is -2.09. The van der Waals surface area contributed by atoms with Crippen molar-refractivity contribution in [2.75, 3.05) is 0 Å². The smallest absolute Gasteiger partial charge is 0.267 e. The van der Waals surface area contributed by atoms with E-state index in [1.807, 2.05) is 0 Å². The Bertz CT molecular complexity index is 829. The third-order valence-corrected chi connectivity index (χ3v) is 3.12. The quantitative estimate of drug-likeness (QED) is 0.739. The minimum atomic E-state index is -0.475. The van der Waals surface area contributed by atoms with Gasteiger partial charge in [-0.2, -0.15) is 5.10 Å². The molecule has 3 rings (SSSR count). The lowest BCUT2D eigenvalue weighted by molar-refractivity contribution is 0.630. The molecule has 0 atom stereocenters. The van der Waals surface area contributed by atoms with Crippen molar-refractivity contribution in [1.29, 1.82) is 0 Å². The Hall–Kier alpha value is -2.20. The van der Waals surface area contributed by atoms with Crippen LogP contribution in [0.4, 0.5) is 4.39 Å². The number of nitrogens with zero attached hydrogens (tertiary/aromatic N) is 1. The molecule has 0 saturated heterocycles. The number of halogens is 2. The lowest BCUT2D eigenvalue weighted by atomic mass is 10.0. The second-order valence-corrected chi connectivity index (χ2v) is 4.51. The molecule has 1 aromatic heterocycles. The van der Waals surface area contributed by atoms with E-state index in [2.05, 4.69) is 10.2 Å². The van der Waals surface area contributed by atoms with Gasteiger partial charge in [-0.3, -0.25) is 4.79 Å². The monoisotopic (exact) mass is 274 g/mol. The molecule has 3 aromatic rings. The summed E-state index contributed by atoms with van der Waals surface area (Å²) in [7, 11) is 0. The molecule has 0 saturated carbocycles. The molecule has 2 aromatic carbocycles. The van der Waals surface area contributed by atoms with Gasteiger partial charge in [0.1, 0.15) is 11.5 Å². The zero-order valence-corrected chi connectivity index (χ0v) is 10.4. The molecule has 19 heavy (non-hydrogen) atoms. The highest BCUT2D eigenvalue weighted by atomic mass is 35.5. The van der Waals surface area contributed by atoms with Gasteiger partial charge in [-0.15, -0.1) is 0 Å². The van der Waals surface area contributed by atoms with Crippen molar-refractivity contribution in [3.8, 4) is 11.3 Å². The van der Waals surface area contributed by atoms with Crippen LogP contribution in [0.25, 0.3) is 22.0 Å². The number of aromatic amines is 1. The van der Waals surface area contributed by atoms with Gasteiger partial charge in [-0.25, -0.2) is 9.49 Å². The predicted octanol–water partition coefficient (Wildman–Crippen LogP) is 3.38. The summed E-state index contributed by atoms with van der Waals surface area (Å²) in [6.07, 6.45) is 0. The summed E-state index contributed by atoms with van der Waals surface area (Å²) in [4.78, 5) is 11.7. The van der Waals surface area contributed by atoms with Crippen LogP contribution in [-0.2, 0) is 0 Å². The second-order valence-electron chi connectivity index (χ2n) is 4.07. The Morgan fingerprint density at radius 2 is 1.84 bits per heavy atom. The zero-order valence-electron chi connectivity index (χ0n) is 9.65. The Labute approximate surface area is 112 Å². The third-order valence-electron chi connectivity index (χ3n) is 2.88. The number of nitrogens with one attached hydrogen (secondary N) is 1. The first kappa shape index (κ1) is 11.9. The van der Waals surface area contributed by atoms with Crippen molar-refractivity contribution in [2.45, 2.75) is 0 Å². The number of rotatable bonds is 1. The highest BCUT2D eigenvalue weighted by Gasteiger charge is 2.12. The summed E-state index contributed by atoms with van der Waals surface area (Å²) in [5, 5.41) is 7.72. The summed E-state index contributed by atoms with van der Waals surface area (Å²) in [6.45, 7) is 0. The SMILES string of the molecule is O=c1[nH]nc(-c2ccc(Cl)cc2F)c2ccccc12. The van der Waals surface area contributed by atoms with Gasteiger partial charge in [0.15, 0.2) is 0 Å². The average molecular weight is 275 g/mol. The number of aromatic nitrogens is 2. The number of hydrogen-bond donors (Lipinski definition) is 1. The molecule has 1 heterocycles. The van der Waals surface area contributed by atoms with Crippen LogP contribution < -0.4 is 5.56 Å². The van der Waals surface area contributed by atoms with Crippen molar-refractivity contribution in [3.63, 3.8) is 0 Å². The molecule has 0 unspecified atom stereocenters. The van der Waals surface area contributed by atoms with E-state index in [0.29, 0.717) is 27.1 Å². The minimum absolute atomic E-state index is 0.297.